The first-order valence-corrected chi connectivity index (χ1v) is 8.44. The van der Waals surface area contributed by atoms with Gasteiger partial charge in [0.25, 0.3) is 0 Å². The Morgan fingerprint density at radius 1 is 1.50 bits per heavy atom. The first-order chi connectivity index (χ1) is 9.60. The number of halogens is 1. The molecule has 108 valence electrons. The maximum Gasteiger partial charge on any atom is 0.166 e. The lowest BCUT2D eigenvalue weighted by molar-refractivity contribution is -0.0734. The van der Waals surface area contributed by atoms with Crippen molar-refractivity contribution in [3.05, 3.63) is 28.8 Å². The average Bonchev–Trinajstić information content (AvgIpc) is 2.89. The van der Waals surface area contributed by atoms with Crippen molar-refractivity contribution in [1.29, 1.82) is 0 Å². The number of anilines is 1. The molecule has 2 heterocycles. The van der Waals surface area contributed by atoms with Crippen LogP contribution in [0.3, 0.4) is 0 Å². The van der Waals surface area contributed by atoms with E-state index in [0.29, 0.717) is 22.9 Å². The number of ether oxygens (including phenoxy) is 1. The zero-order valence-corrected chi connectivity index (χ0v) is 12.8. The molecule has 0 saturated carbocycles. The molecule has 1 aromatic rings. The van der Waals surface area contributed by atoms with E-state index in [2.05, 4.69) is 0 Å². The van der Waals surface area contributed by atoms with Gasteiger partial charge in [0.2, 0.25) is 0 Å². The third-order valence-corrected chi connectivity index (χ3v) is 5.77. The van der Waals surface area contributed by atoms with Crippen molar-refractivity contribution in [3.63, 3.8) is 0 Å². The number of nitrogen functional groups attached to an aromatic ring is 1. The van der Waals surface area contributed by atoms with Crippen LogP contribution in [0, 0.1) is 5.92 Å². The average molecular weight is 312 g/mol. The van der Waals surface area contributed by atoms with Crippen molar-refractivity contribution in [2.75, 3.05) is 23.8 Å². The van der Waals surface area contributed by atoms with Crippen molar-refractivity contribution in [3.8, 4) is 0 Å². The van der Waals surface area contributed by atoms with Gasteiger partial charge < -0.3 is 10.5 Å². The summed E-state index contributed by atoms with van der Waals surface area (Å²) in [5, 5.41) is 0.453. The summed E-state index contributed by atoms with van der Waals surface area (Å²) in [7, 11) is 0. The molecule has 2 unspecified atom stereocenters. The van der Waals surface area contributed by atoms with Crippen LogP contribution in [0.1, 0.15) is 29.6 Å². The molecule has 0 amide bonds. The van der Waals surface area contributed by atoms with Crippen LogP contribution in [-0.4, -0.2) is 29.5 Å². The maximum absolute atomic E-state index is 12.6. The molecule has 2 aliphatic rings. The lowest BCUT2D eigenvalue weighted by Gasteiger charge is -2.37. The first-order valence-electron chi connectivity index (χ1n) is 6.91. The monoisotopic (exact) mass is 311 g/mol. The highest BCUT2D eigenvalue weighted by Gasteiger charge is 2.42. The van der Waals surface area contributed by atoms with Crippen LogP contribution >= 0.6 is 23.4 Å². The van der Waals surface area contributed by atoms with Gasteiger partial charge in [-0.1, -0.05) is 11.6 Å². The van der Waals surface area contributed by atoms with Gasteiger partial charge in [-0.05, 0) is 43.2 Å². The number of nitrogens with two attached hydrogens (primary N) is 1. The van der Waals surface area contributed by atoms with E-state index in [0.717, 1.165) is 30.8 Å². The molecule has 0 aromatic heterocycles. The number of rotatable bonds is 2. The van der Waals surface area contributed by atoms with Gasteiger partial charge in [0.15, 0.2) is 5.78 Å². The Hall–Kier alpha value is -0.710. The molecule has 0 radical (unpaired) electrons. The fraction of sp³-hybridized carbons (Fsp3) is 0.533. The molecule has 2 aliphatic heterocycles. The van der Waals surface area contributed by atoms with Crippen LogP contribution in [-0.2, 0) is 4.74 Å². The lowest BCUT2D eigenvalue weighted by atomic mass is 9.81. The van der Waals surface area contributed by atoms with Gasteiger partial charge >= 0.3 is 0 Å². The highest BCUT2D eigenvalue weighted by Crippen LogP contribution is 2.41. The van der Waals surface area contributed by atoms with E-state index in [1.54, 1.807) is 18.2 Å². The molecule has 0 bridgehead atoms. The Morgan fingerprint density at radius 3 is 3.05 bits per heavy atom. The summed E-state index contributed by atoms with van der Waals surface area (Å²) < 4.78 is 5.97. The van der Waals surface area contributed by atoms with Gasteiger partial charge in [-0.3, -0.25) is 4.79 Å². The minimum atomic E-state index is -0.0686. The van der Waals surface area contributed by atoms with Crippen LogP contribution in [0.4, 0.5) is 5.69 Å². The molecule has 1 spiro atoms. The van der Waals surface area contributed by atoms with E-state index in [9.17, 15) is 4.79 Å². The second-order valence-corrected chi connectivity index (χ2v) is 7.14. The summed E-state index contributed by atoms with van der Waals surface area (Å²) in [6.45, 7) is 0.680. The highest BCUT2D eigenvalue weighted by atomic mass is 35.5. The molecule has 3 nitrogen and oxygen atoms in total. The third-order valence-electron chi connectivity index (χ3n) is 4.22. The number of hydrogen-bond donors (Lipinski definition) is 1. The lowest BCUT2D eigenvalue weighted by Crippen LogP contribution is -2.42. The summed E-state index contributed by atoms with van der Waals surface area (Å²) >= 11 is 7.93. The molecule has 5 heteroatoms. The minimum Gasteiger partial charge on any atom is -0.398 e. The molecule has 2 fully saturated rings. The van der Waals surface area contributed by atoms with Crippen molar-refractivity contribution in [2.45, 2.75) is 24.9 Å². The Kier molecular flexibility index (Phi) is 3.98. The summed E-state index contributed by atoms with van der Waals surface area (Å²) in [5.41, 5.74) is 6.80. The second-order valence-electron chi connectivity index (χ2n) is 5.62. The fourth-order valence-electron chi connectivity index (χ4n) is 3.03. The number of benzene rings is 1. The van der Waals surface area contributed by atoms with Gasteiger partial charge in [-0.2, -0.15) is 11.8 Å². The molecular weight excluding hydrogens is 294 g/mol. The highest BCUT2D eigenvalue weighted by molar-refractivity contribution is 7.99. The first kappa shape index (κ1) is 14.2. The van der Waals surface area contributed by atoms with Crippen LogP contribution in [0.5, 0.6) is 0 Å². The standard InChI is InChI=1S/C15H18ClNO2S/c16-12-7-10(1-2-13(12)17)14(18)11-3-5-19-15(8-11)4-6-20-9-15/h1-2,7,11H,3-6,8-9,17H2. The summed E-state index contributed by atoms with van der Waals surface area (Å²) in [6.07, 6.45) is 2.69. The number of hydrogen-bond acceptors (Lipinski definition) is 4. The van der Waals surface area contributed by atoms with Gasteiger partial charge in [0.1, 0.15) is 0 Å². The molecule has 20 heavy (non-hydrogen) atoms. The summed E-state index contributed by atoms with van der Waals surface area (Å²) in [6, 6.07) is 5.16. The van der Waals surface area contributed by atoms with Crippen molar-refractivity contribution in [2.24, 2.45) is 5.92 Å². The number of carbonyl (C=O) groups excluding carboxylic acids is 1. The van der Waals surface area contributed by atoms with Gasteiger partial charge in [0.05, 0.1) is 16.3 Å². The van der Waals surface area contributed by atoms with E-state index >= 15 is 0 Å². The minimum absolute atomic E-state index is 0.0436. The fourth-order valence-corrected chi connectivity index (χ4v) is 4.59. The SMILES string of the molecule is Nc1ccc(C(=O)C2CCOC3(CCSC3)C2)cc1Cl. The normalized spacial score (nSPS) is 29.8. The topological polar surface area (TPSA) is 52.3 Å². The number of ketones is 1. The molecule has 3 rings (SSSR count). The molecule has 1 aromatic carbocycles. The zero-order chi connectivity index (χ0) is 14.2. The van der Waals surface area contributed by atoms with E-state index < -0.39 is 0 Å². The summed E-state index contributed by atoms with van der Waals surface area (Å²) in [5.74, 6) is 2.36. The second kappa shape index (κ2) is 5.58. The number of Topliss-reactive ketones (excluding diaryl/α,β-unsaturated/α-hetero) is 1. The Morgan fingerprint density at radius 2 is 2.35 bits per heavy atom. The van der Waals surface area contributed by atoms with Crippen LogP contribution in [0.25, 0.3) is 0 Å². The van der Waals surface area contributed by atoms with Gasteiger partial charge in [0, 0.05) is 23.8 Å². The Labute approximate surface area is 128 Å². The molecule has 2 atom stereocenters. The van der Waals surface area contributed by atoms with E-state index in [1.165, 1.54) is 0 Å². The predicted octanol–water partition coefficient (Wildman–Crippen LogP) is 3.41. The molecule has 2 N–H and O–H groups in total. The predicted molar refractivity (Wildman–Crippen MR) is 83.5 cm³/mol. The Balaban J connectivity index is 1.77. The maximum atomic E-state index is 12.6. The van der Waals surface area contributed by atoms with Crippen molar-refractivity contribution in [1.82, 2.24) is 0 Å². The van der Waals surface area contributed by atoms with Crippen LogP contribution < -0.4 is 5.73 Å². The largest absolute Gasteiger partial charge is 0.398 e. The van der Waals surface area contributed by atoms with E-state index in [1.807, 2.05) is 11.8 Å². The van der Waals surface area contributed by atoms with Crippen molar-refractivity contribution >= 4 is 34.8 Å². The molecule has 2 saturated heterocycles. The van der Waals surface area contributed by atoms with Gasteiger partial charge in [-0.25, -0.2) is 0 Å². The van der Waals surface area contributed by atoms with E-state index in [4.69, 9.17) is 22.1 Å². The van der Waals surface area contributed by atoms with Crippen LogP contribution in [0.15, 0.2) is 18.2 Å². The quantitative estimate of drug-likeness (QED) is 0.672. The van der Waals surface area contributed by atoms with Gasteiger partial charge in [-0.15, -0.1) is 0 Å². The van der Waals surface area contributed by atoms with E-state index in [-0.39, 0.29) is 17.3 Å². The molecule has 0 aliphatic carbocycles. The Bertz CT molecular complexity index is 529. The van der Waals surface area contributed by atoms with Crippen molar-refractivity contribution < 1.29 is 9.53 Å². The molecular formula is C15H18ClNO2S. The zero-order valence-electron chi connectivity index (χ0n) is 11.2. The number of carbonyl (C=O) groups is 1. The van der Waals surface area contributed by atoms with Crippen LogP contribution in [0.2, 0.25) is 5.02 Å². The number of thioether (sulfide) groups is 1. The summed E-state index contributed by atoms with van der Waals surface area (Å²) in [4.78, 5) is 12.6. The smallest absolute Gasteiger partial charge is 0.166 e. The third kappa shape index (κ3) is 2.69.